The number of carbonyl (C=O) groups is 1. The first-order chi connectivity index (χ1) is 11.9. The number of anilines is 1. The zero-order valence-electron chi connectivity index (χ0n) is 15.4. The van der Waals surface area contributed by atoms with Crippen molar-refractivity contribution in [2.45, 2.75) is 57.9 Å². The SMILES string of the molecule is CC(C)(C)NCC(=O)Nc1cc(C2CCCC2)nn1-c1ccccc1. The Kier molecular flexibility index (Phi) is 5.23. The predicted octanol–water partition coefficient (Wildman–Crippen LogP) is 3.86. The van der Waals surface area contributed by atoms with Gasteiger partial charge in [0.15, 0.2) is 0 Å². The number of rotatable bonds is 5. The molecule has 1 aliphatic carbocycles. The van der Waals surface area contributed by atoms with Crippen LogP contribution in [0, 0.1) is 0 Å². The first kappa shape index (κ1) is 17.7. The second-order valence-electron chi connectivity index (χ2n) is 7.83. The van der Waals surface area contributed by atoms with Gasteiger partial charge < -0.3 is 10.6 Å². The Hall–Kier alpha value is -2.14. The maximum atomic E-state index is 12.4. The highest BCUT2D eigenvalue weighted by Crippen LogP contribution is 2.35. The van der Waals surface area contributed by atoms with Crippen LogP contribution < -0.4 is 10.6 Å². The van der Waals surface area contributed by atoms with E-state index in [0.717, 1.165) is 17.2 Å². The van der Waals surface area contributed by atoms with Gasteiger partial charge in [-0.3, -0.25) is 4.79 Å². The molecule has 1 aliphatic rings. The van der Waals surface area contributed by atoms with Crippen LogP contribution in [0.3, 0.4) is 0 Å². The summed E-state index contributed by atoms with van der Waals surface area (Å²) >= 11 is 0. The third-order valence-corrected chi connectivity index (χ3v) is 4.55. The van der Waals surface area contributed by atoms with Gasteiger partial charge in [-0.1, -0.05) is 31.0 Å². The third kappa shape index (κ3) is 4.69. The Bertz CT molecular complexity index is 709. The van der Waals surface area contributed by atoms with Crippen LogP contribution >= 0.6 is 0 Å². The molecule has 1 fully saturated rings. The first-order valence-corrected chi connectivity index (χ1v) is 9.13. The molecule has 2 aromatic rings. The average Bonchev–Trinajstić information content (AvgIpc) is 3.22. The molecule has 0 spiro atoms. The van der Waals surface area contributed by atoms with Gasteiger partial charge in [-0.2, -0.15) is 5.10 Å². The van der Waals surface area contributed by atoms with Gasteiger partial charge in [-0.25, -0.2) is 4.68 Å². The van der Waals surface area contributed by atoms with Crippen LogP contribution in [0.25, 0.3) is 5.69 Å². The number of hydrogen-bond acceptors (Lipinski definition) is 3. The van der Waals surface area contributed by atoms with Gasteiger partial charge in [0.25, 0.3) is 0 Å². The molecule has 1 amide bonds. The van der Waals surface area contributed by atoms with E-state index in [4.69, 9.17) is 5.10 Å². The molecule has 2 N–H and O–H groups in total. The lowest BCUT2D eigenvalue weighted by molar-refractivity contribution is -0.115. The van der Waals surface area contributed by atoms with E-state index in [1.165, 1.54) is 25.7 Å². The number of amides is 1. The van der Waals surface area contributed by atoms with Gasteiger partial charge in [0.05, 0.1) is 17.9 Å². The van der Waals surface area contributed by atoms with E-state index in [0.29, 0.717) is 5.92 Å². The summed E-state index contributed by atoms with van der Waals surface area (Å²) < 4.78 is 1.85. The maximum absolute atomic E-state index is 12.4. The maximum Gasteiger partial charge on any atom is 0.239 e. The Morgan fingerprint density at radius 1 is 1.20 bits per heavy atom. The molecule has 0 aliphatic heterocycles. The number of para-hydroxylation sites is 1. The minimum Gasteiger partial charge on any atom is -0.309 e. The van der Waals surface area contributed by atoms with Crippen LogP contribution in [-0.4, -0.2) is 27.8 Å². The Labute approximate surface area is 149 Å². The van der Waals surface area contributed by atoms with Gasteiger partial charge in [0.2, 0.25) is 5.91 Å². The van der Waals surface area contributed by atoms with E-state index in [1.54, 1.807) is 0 Å². The van der Waals surface area contributed by atoms with Crippen molar-refractivity contribution in [2.24, 2.45) is 0 Å². The summed E-state index contributed by atoms with van der Waals surface area (Å²) in [7, 11) is 0. The number of nitrogens with one attached hydrogen (secondary N) is 2. The number of nitrogens with zero attached hydrogens (tertiary/aromatic N) is 2. The molecule has 0 saturated heterocycles. The number of hydrogen-bond donors (Lipinski definition) is 2. The van der Waals surface area contributed by atoms with Crippen molar-refractivity contribution < 1.29 is 4.79 Å². The molecule has 0 bridgehead atoms. The molecule has 0 radical (unpaired) electrons. The molecule has 1 saturated carbocycles. The van der Waals surface area contributed by atoms with Crippen LogP contribution in [0.4, 0.5) is 5.82 Å². The lowest BCUT2D eigenvalue weighted by Crippen LogP contribution is -2.41. The molecule has 134 valence electrons. The summed E-state index contributed by atoms with van der Waals surface area (Å²) in [5.41, 5.74) is 1.96. The molecule has 25 heavy (non-hydrogen) atoms. The normalized spacial score (nSPS) is 15.5. The first-order valence-electron chi connectivity index (χ1n) is 9.13. The van der Waals surface area contributed by atoms with Crippen LogP contribution in [0.1, 0.15) is 58.1 Å². The number of benzene rings is 1. The van der Waals surface area contributed by atoms with Gasteiger partial charge in [-0.15, -0.1) is 0 Å². The summed E-state index contributed by atoms with van der Waals surface area (Å²) in [6, 6.07) is 12.0. The van der Waals surface area contributed by atoms with Crippen molar-refractivity contribution in [1.29, 1.82) is 0 Å². The predicted molar refractivity (Wildman–Crippen MR) is 101 cm³/mol. The van der Waals surface area contributed by atoms with Gasteiger partial charge in [0, 0.05) is 17.5 Å². The molecule has 1 aromatic carbocycles. The van der Waals surface area contributed by atoms with E-state index in [1.807, 2.05) is 61.9 Å². The smallest absolute Gasteiger partial charge is 0.239 e. The minimum absolute atomic E-state index is 0.0509. The number of aromatic nitrogens is 2. The quantitative estimate of drug-likeness (QED) is 0.869. The summed E-state index contributed by atoms with van der Waals surface area (Å²) in [4.78, 5) is 12.4. The van der Waals surface area contributed by atoms with Crippen molar-refractivity contribution in [2.75, 3.05) is 11.9 Å². The van der Waals surface area contributed by atoms with Crippen molar-refractivity contribution in [3.8, 4) is 5.69 Å². The second-order valence-corrected chi connectivity index (χ2v) is 7.83. The van der Waals surface area contributed by atoms with E-state index >= 15 is 0 Å². The fourth-order valence-corrected chi connectivity index (χ4v) is 3.21. The minimum atomic E-state index is -0.0912. The lowest BCUT2D eigenvalue weighted by Gasteiger charge is -2.20. The largest absolute Gasteiger partial charge is 0.309 e. The lowest BCUT2D eigenvalue weighted by atomic mass is 10.0. The third-order valence-electron chi connectivity index (χ3n) is 4.55. The van der Waals surface area contributed by atoms with Gasteiger partial charge in [0.1, 0.15) is 5.82 Å². The molecule has 1 heterocycles. The Morgan fingerprint density at radius 2 is 1.88 bits per heavy atom. The highest BCUT2D eigenvalue weighted by molar-refractivity contribution is 5.91. The molecular formula is C20H28N4O. The van der Waals surface area contributed by atoms with E-state index in [9.17, 15) is 4.79 Å². The van der Waals surface area contributed by atoms with Crippen LogP contribution in [-0.2, 0) is 4.79 Å². The van der Waals surface area contributed by atoms with Crippen molar-refractivity contribution in [3.63, 3.8) is 0 Å². The van der Waals surface area contributed by atoms with Gasteiger partial charge >= 0.3 is 0 Å². The van der Waals surface area contributed by atoms with E-state index in [-0.39, 0.29) is 18.0 Å². The van der Waals surface area contributed by atoms with Crippen LogP contribution in [0.2, 0.25) is 0 Å². The monoisotopic (exact) mass is 340 g/mol. The number of carbonyl (C=O) groups excluding carboxylic acids is 1. The molecule has 0 atom stereocenters. The highest BCUT2D eigenvalue weighted by atomic mass is 16.2. The van der Waals surface area contributed by atoms with E-state index < -0.39 is 0 Å². The zero-order valence-corrected chi connectivity index (χ0v) is 15.4. The molecule has 5 nitrogen and oxygen atoms in total. The zero-order chi connectivity index (χ0) is 17.9. The summed E-state index contributed by atoms with van der Waals surface area (Å²) in [5.74, 6) is 1.20. The topological polar surface area (TPSA) is 59.0 Å². The molecular weight excluding hydrogens is 312 g/mol. The van der Waals surface area contributed by atoms with E-state index in [2.05, 4.69) is 10.6 Å². The molecule has 5 heteroatoms. The molecule has 1 aromatic heterocycles. The average molecular weight is 340 g/mol. The van der Waals surface area contributed by atoms with Crippen LogP contribution in [0.15, 0.2) is 36.4 Å². The van der Waals surface area contributed by atoms with Crippen molar-refractivity contribution in [3.05, 3.63) is 42.1 Å². The molecule has 3 rings (SSSR count). The highest BCUT2D eigenvalue weighted by Gasteiger charge is 2.22. The summed E-state index contributed by atoms with van der Waals surface area (Å²) in [6.45, 7) is 6.42. The summed E-state index contributed by atoms with van der Waals surface area (Å²) in [5, 5.41) is 11.1. The van der Waals surface area contributed by atoms with Crippen molar-refractivity contribution >= 4 is 11.7 Å². The van der Waals surface area contributed by atoms with Gasteiger partial charge in [-0.05, 0) is 45.7 Å². The molecule has 0 unspecified atom stereocenters. The standard InChI is InChI=1S/C20H28N4O/c1-20(2,3)21-14-19(25)22-18-13-17(15-9-7-8-10-15)23-24(18)16-11-5-4-6-12-16/h4-6,11-13,15,21H,7-10,14H2,1-3H3,(H,22,25). The Morgan fingerprint density at radius 3 is 2.52 bits per heavy atom. The van der Waals surface area contributed by atoms with Crippen molar-refractivity contribution in [1.82, 2.24) is 15.1 Å². The fourth-order valence-electron chi connectivity index (χ4n) is 3.21. The summed E-state index contributed by atoms with van der Waals surface area (Å²) in [6.07, 6.45) is 4.90. The fraction of sp³-hybridized carbons (Fsp3) is 0.500. The Balaban J connectivity index is 1.82. The van der Waals surface area contributed by atoms with Crippen LogP contribution in [0.5, 0.6) is 0 Å². The second kappa shape index (κ2) is 7.40.